The molecule has 3 amide bonds. The molecule has 3 aromatic rings. The molecule has 0 radical (unpaired) electrons. The van der Waals surface area contributed by atoms with E-state index in [-0.39, 0.29) is 0 Å². The number of amides is 3. The van der Waals surface area contributed by atoms with Crippen LogP contribution in [0.1, 0.15) is 5.56 Å². The van der Waals surface area contributed by atoms with Crippen molar-refractivity contribution in [1.82, 2.24) is 4.90 Å². The first-order valence-corrected chi connectivity index (χ1v) is 11.2. The van der Waals surface area contributed by atoms with Gasteiger partial charge >= 0.3 is 0 Å². The second-order valence-corrected chi connectivity index (χ2v) is 7.86. The van der Waals surface area contributed by atoms with Gasteiger partial charge in [0.2, 0.25) is 11.8 Å². The standard InChI is InChI=1S/C27H27N5O4/c1-30(21-11-5-3-6-12-21)25(34)19-32(24(33)18-29)27(36-23-14-7-4-8-15-23)26(35)31(2)22-13-9-10-20(16-22)17-28/h3-16,27H,18-19,29H2,1-2H3. The van der Waals surface area contributed by atoms with Crippen molar-refractivity contribution in [2.75, 3.05) is 37.0 Å². The molecule has 0 bridgehead atoms. The summed E-state index contributed by atoms with van der Waals surface area (Å²) in [6, 6.07) is 25.9. The fourth-order valence-corrected chi connectivity index (χ4v) is 3.42. The SMILES string of the molecule is CN(C(=O)CN(C(=O)CN)C(Oc1ccccc1)C(=O)N(C)c1cccc(C#N)c1)c1ccccc1. The minimum absolute atomic E-state index is 0.328. The molecule has 0 aliphatic rings. The Morgan fingerprint density at radius 3 is 2.08 bits per heavy atom. The van der Waals surface area contributed by atoms with E-state index < -0.39 is 37.0 Å². The van der Waals surface area contributed by atoms with Crippen molar-refractivity contribution >= 4 is 29.1 Å². The van der Waals surface area contributed by atoms with Crippen LogP contribution in [0.3, 0.4) is 0 Å². The second kappa shape index (κ2) is 12.1. The number of nitriles is 1. The number of nitrogens with zero attached hydrogens (tertiary/aromatic N) is 4. The van der Waals surface area contributed by atoms with Crippen LogP contribution in [0.15, 0.2) is 84.9 Å². The van der Waals surface area contributed by atoms with Crippen LogP contribution in [0.2, 0.25) is 0 Å². The van der Waals surface area contributed by atoms with E-state index in [0.29, 0.717) is 22.7 Å². The number of nitrogens with two attached hydrogens (primary N) is 1. The predicted octanol–water partition coefficient (Wildman–Crippen LogP) is 2.38. The molecular formula is C27H27N5O4. The number of benzene rings is 3. The van der Waals surface area contributed by atoms with Crippen LogP contribution in [0, 0.1) is 11.3 Å². The van der Waals surface area contributed by atoms with E-state index >= 15 is 0 Å². The monoisotopic (exact) mass is 485 g/mol. The van der Waals surface area contributed by atoms with Gasteiger partial charge in [0.15, 0.2) is 0 Å². The van der Waals surface area contributed by atoms with E-state index in [0.717, 1.165) is 4.90 Å². The van der Waals surface area contributed by atoms with Gasteiger partial charge in [-0.25, -0.2) is 0 Å². The summed E-state index contributed by atoms with van der Waals surface area (Å²) >= 11 is 0. The molecule has 0 aliphatic heterocycles. The zero-order valence-corrected chi connectivity index (χ0v) is 20.1. The third-order valence-electron chi connectivity index (χ3n) is 5.50. The quantitative estimate of drug-likeness (QED) is 0.465. The number of ether oxygens (including phenoxy) is 1. The Labute approximate surface area is 209 Å². The number of carbonyl (C=O) groups is 3. The van der Waals surface area contributed by atoms with Crippen molar-refractivity contribution < 1.29 is 19.1 Å². The lowest BCUT2D eigenvalue weighted by Crippen LogP contribution is -2.57. The maximum atomic E-state index is 13.7. The zero-order valence-electron chi connectivity index (χ0n) is 20.1. The lowest BCUT2D eigenvalue weighted by Gasteiger charge is -2.33. The Hall–Kier alpha value is -4.68. The van der Waals surface area contributed by atoms with Crippen LogP contribution >= 0.6 is 0 Å². The van der Waals surface area contributed by atoms with Gasteiger partial charge < -0.3 is 20.3 Å². The minimum atomic E-state index is -1.49. The molecule has 0 saturated heterocycles. The van der Waals surface area contributed by atoms with Crippen LogP contribution in [0.4, 0.5) is 11.4 Å². The fraction of sp³-hybridized carbons (Fsp3) is 0.185. The van der Waals surface area contributed by atoms with Crippen LogP contribution in [0.5, 0.6) is 5.75 Å². The van der Waals surface area contributed by atoms with Crippen molar-refractivity contribution in [3.8, 4) is 11.8 Å². The zero-order chi connectivity index (χ0) is 26.1. The van der Waals surface area contributed by atoms with Gasteiger partial charge in [-0.05, 0) is 42.5 Å². The number of para-hydroxylation sites is 2. The summed E-state index contributed by atoms with van der Waals surface area (Å²) in [6.07, 6.45) is -1.49. The van der Waals surface area contributed by atoms with Gasteiger partial charge in [0.25, 0.3) is 12.1 Å². The van der Waals surface area contributed by atoms with E-state index in [1.165, 1.54) is 16.8 Å². The highest BCUT2D eigenvalue weighted by Gasteiger charge is 2.36. The summed E-state index contributed by atoms with van der Waals surface area (Å²) in [7, 11) is 3.08. The second-order valence-electron chi connectivity index (χ2n) is 7.86. The van der Waals surface area contributed by atoms with Crippen molar-refractivity contribution in [2.45, 2.75) is 6.23 Å². The molecule has 3 rings (SSSR count). The van der Waals surface area contributed by atoms with Crippen molar-refractivity contribution in [3.63, 3.8) is 0 Å². The van der Waals surface area contributed by atoms with Gasteiger partial charge in [0, 0.05) is 25.5 Å². The van der Waals surface area contributed by atoms with Gasteiger partial charge in [0.1, 0.15) is 12.3 Å². The minimum Gasteiger partial charge on any atom is -0.461 e. The Morgan fingerprint density at radius 2 is 1.47 bits per heavy atom. The van der Waals surface area contributed by atoms with Crippen LogP contribution in [-0.2, 0) is 14.4 Å². The summed E-state index contributed by atoms with van der Waals surface area (Å²) in [4.78, 5) is 43.5. The van der Waals surface area contributed by atoms with Gasteiger partial charge in [-0.2, -0.15) is 5.26 Å². The van der Waals surface area contributed by atoms with Crippen molar-refractivity contribution in [1.29, 1.82) is 5.26 Å². The number of rotatable bonds is 9. The lowest BCUT2D eigenvalue weighted by atomic mass is 10.2. The smallest absolute Gasteiger partial charge is 0.289 e. The molecule has 0 heterocycles. The number of hydrogen-bond donors (Lipinski definition) is 1. The van der Waals surface area contributed by atoms with Crippen LogP contribution in [-0.4, -0.2) is 56.0 Å². The summed E-state index contributed by atoms with van der Waals surface area (Å²) in [6.45, 7) is -0.880. The molecule has 2 N–H and O–H groups in total. The Kier molecular flexibility index (Phi) is 8.75. The van der Waals surface area contributed by atoms with Crippen LogP contribution < -0.4 is 20.3 Å². The maximum Gasteiger partial charge on any atom is 0.289 e. The van der Waals surface area contributed by atoms with Gasteiger partial charge in [0.05, 0.1) is 18.2 Å². The van der Waals surface area contributed by atoms with E-state index in [1.807, 2.05) is 12.1 Å². The summed E-state index contributed by atoms with van der Waals surface area (Å²) in [5.74, 6) is -1.37. The van der Waals surface area contributed by atoms with Gasteiger partial charge in [-0.3, -0.25) is 19.3 Å². The Bertz CT molecular complexity index is 1240. The molecule has 0 aliphatic carbocycles. The molecule has 3 aromatic carbocycles. The number of carbonyl (C=O) groups excluding carboxylic acids is 3. The third kappa shape index (κ3) is 6.25. The lowest BCUT2D eigenvalue weighted by molar-refractivity contribution is -0.150. The molecule has 9 nitrogen and oxygen atoms in total. The highest BCUT2D eigenvalue weighted by atomic mass is 16.5. The summed E-state index contributed by atoms with van der Waals surface area (Å²) in [5, 5.41) is 9.24. The molecule has 36 heavy (non-hydrogen) atoms. The summed E-state index contributed by atoms with van der Waals surface area (Å²) in [5.41, 5.74) is 7.07. The van der Waals surface area contributed by atoms with E-state index in [4.69, 9.17) is 10.5 Å². The van der Waals surface area contributed by atoms with E-state index in [9.17, 15) is 19.6 Å². The maximum absolute atomic E-state index is 13.7. The van der Waals surface area contributed by atoms with E-state index in [1.54, 1.807) is 85.9 Å². The number of anilines is 2. The molecule has 0 aromatic heterocycles. The highest BCUT2D eigenvalue weighted by Crippen LogP contribution is 2.20. The average Bonchev–Trinajstić information content (AvgIpc) is 2.94. The van der Waals surface area contributed by atoms with Crippen molar-refractivity contribution in [3.05, 3.63) is 90.5 Å². The first kappa shape index (κ1) is 25.9. The predicted molar refractivity (Wildman–Crippen MR) is 136 cm³/mol. The first-order valence-electron chi connectivity index (χ1n) is 11.2. The average molecular weight is 486 g/mol. The molecule has 0 fully saturated rings. The molecule has 0 spiro atoms. The Morgan fingerprint density at radius 1 is 0.861 bits per heavy atom. The number of hydrogen-bond acceptors (Lipinski definition) is 6. The molecule has 184 valence electrons. The fourth-order valence-electron chi connectivity index (χ4n) is 3.42. The van der Waals surface area contributed by atoms with Crippen molar-refractivity contribution in [2.24, 2.45) is 5.73 Å². The Balaban J connectivity index is 1.96. The largest absolute Gasteiger partial charge is 0.461 e. The van der Waals surface area contributed by atoms with E-state index in [2.05, 4.69) is 0 Å². The molecule has 0 saturated carbocycles. The number of likely N-dealkylation sites (N-methyl/N-ethyl adjacent to an activating group) is 2. The molecule has 9 heteroatoms. The van der Waals surface area contributed by atoms with Crippen LogP contribution in [0.25, 0.3) is 0 Å². The molecule has 1 unspecified atom stereocenters. The van der Waals surface area contributed by atoms with Gasteiger partial charge in [-0.1, -0.05) is 42.5 Å². The first-order chi connectivity index (χ1) is 17.3. The molecular weight excluding hydrogens is 458 g/mol. The van der Waals surface area contributed by atoms with Gasteiger partial charge in [-0.15, -0.1) is 0 Å². The topological polar surface area (TPSA) is 120 Å². The molecule has 1 atom stereocenters. The third-order valence-corrected chi connectivity index (χ3v) is 5.50. The summed E-state index contributed by atoms with van der Waals surface area (Å²) < 4.78 is 5.97. The normalized spacial score (nSPS) is 11.1. The highest BCUT2D eigenvalue weighted by molar-refractivity contribution is 6.01.